The second-order valence-corrected chi connectivity index (χ2v) is 7.59. The largest absolute Gasteiger partial charge is 0.392 e. The molecule has 0 bridgehead atoms. The van der Waals surface area contributed by atoms with E-state index in [1.807, 2.05) is 6.07 Å². The van der Waals surface area contributed by atoms with Gasteiger partial charge in [-0.05, 0) is 42.2 Å². The fourth-order valence-corrected chi connectivity index (χ4v) is 3.82. The van der Waals surface area contributed by atoms with E-state index in [2.05, 4.69) is 44.7 Å². The number of aryl methyl sites for hydroxylation is 1. The molecule has 0 saturated heterocycles. The van der Waals surface area contributed by atoms with E-state index in [9.17, 15) is 5.11 Å². The highest BCUT2D eigenvalue weighted by atomic mass is 35.5. The topological polar surface area (TPSA) is 38.0 Å². The number of aliphatic hydroxyl groups is 1. The Hall–Kier alpha value is -2.07. The molecule has 28 heavy (non-hydrogen) atoms. The van der Waals surface area contributed by atoms with Crippen molar-refractivity contribution in [3.8, 4) is 16.9 Å². The Bertz CT molecular complexity index is 991. The van der Waals surface area contributed by atoms with Gasteiger partial charge in [-0.25, -0.2) is 4.68 Å². The molecule has 1 heterocycles. The minimum absolute atomic E-state index is 0.131. The van der Waals surface area contributed by atoms with Crippen molar-refractivity contribution < 1.29 is 5.11 Å². The number of halogens is 2. The van der Waals surface area contributed by atoms with E-state index in [0.29, 0.717) is 15.7 Å². The molecule has 0 spiro atoms. The summed E-state index contributed by atoms with van der Waals surface area (Å²) in [6.45, 7) is 8.28. The summed E-state index contributed by atoms with van der Waals surface area (Å²) in [7, 11) is 0. The van der Waals surface area contributed by atoms with Crippen LogP contribution in [0.15, 0.2) is 49.0 Å². The van der Waals surface area contributed by atoms with Gasteiger partial charge in [0.15, 0.2) is 0 Å². The lowest BCUT2D eigenvalue weighted by atomic mass is 9.99. The van der Waals surface area contributed by atoms with Gasteiger partial charge in [-0.3, -0.25) is 0 Å². The van der Waals surface area contributed by atoms with E-state index in [-0.39, 0.29) is 6.61 Å². The average molecular weight is 415 g/mol. The zero-order chi connectivity index (χ0) is 20.3. The summed E-state index contributed by atoms with van der Waals surface area (Å²) in [5, 5.41) is 16.1. The van der Waals surface area contributed by atoms with Crippen LogP contribution < -0.4 is 0 Å². The Labute approximate surface area is 176 Å². The summed E-state index contributed by atoms with van der Waals surface area (Å²) in [4.78, 5) is 0. The Balaban J connectivity index is 2.28. The number of aromatic nitrogens is 2. The van der Waals surface area contributed by atoms with Crippen LogP contribution in [0.1, 0.15) is 43.5 Å². The standard InChI is InChI=1S/C23H24Cl2N2O/c1-4-6-15(3)22-19(14-28)23(17-9-7-16(5-2)8-10-17)27(26-22)21-12-11-18(24)13-20(21)25/h7-13,28H,3-6,14H2,1-2H3. The van der Waals surface area contributed by atoms with Crippen molar-refractivity contribution >= 4 is 28.8 Å². The molecule has 0 aliphatic heterocycles. The number of hydrogen-bond acceptors (Lipinski definition) is 2. The summed E-state index contributed by atoms with van der Waals surface area (Å²) in [5.74, 6) is 0. The summed E-state index contributed by atoms with van der Waals surface area (Å²) in [6, 6.07) is 13.6. The Morgan fingerprint density at radius 1 is 1.11 bits per heavy atom. The second-order valence-electron chi connectivity index (χ2n) is 6.75. The van der Waals surface area contributed by atoms with Crippen molar-refractivity contribution in [3.05, 3.63) is 75.9 Å². The molecule has 0 fully saturated rings. The number of nitrogens with zero attached hydrogens (tertiary/aromatic N) is 2. The van der Waals surface area contributed by atoms with Crippen LogP contribution in [0.4, 0.5) is 0 Å². The molecule has 0 radical (unpaired) electrons. The molecule has 0 saturated carbocycles. The van der Waals surface area contributed by atoms with E-state index in [1.165, 1.54) is 5.56 Å². The van der Waals surface area contributed by atoms with Crippen molar-refractivity contribution in [2.75, 3.05) is 0 Å². The zero-order valence-corrected chi connectivity index (χ0v) is 17.7. The molecule has 2 aromatic carbocycles. The van der Waals surface area contributed by atoms with Gasteiger partial charge in [0.25, 0.3) is 0 Å². The molecule has 0 aliphatic carbocycles. The van der Waals surface area contributed by atoms with Crippen molar-refractivity contribution in [1.82, 2.24) is 9.78 Å². The Kier molecular flexibility index (Phi) is 6.61. The van der Waals surface area contributed by atoms with Gasteiger partial charge in [-0.1, -0.05) is 74.3 Å². The van der Waals surface area contributed by atoms with Crippen molar-refractivity contribution in [3.63, 3.8) is 0 Å². The molecule has 0 unspecified atom stereocenters. The van der Waals surface area contributed by atoms with Gasteiger partial charge < -0.3 is 5.11 Å². The molecule has 1 N–H and O–H groups in total. The predicted octanol–water partition coefficient (Wildman–Crippen LogP) is 6.71. The summed E-state index contributed by atoms with van der Waals surface area (Å²) < 4.78 is 1.79. The molecule has 3 aromatic rings. The normalized spacial score (nSPS) is 11.0. The summed E-state index contributed by atoms with van der Waals surface area (Å²) >= 11 is 12.6. The first-order valence-electron chi connectivity index (χ1n) is 9.45. The van der Waals surface area contributed by atoms with Crippen LogP contribution in [0.3, 0.4) is 0 Å². The van der Waals surface area contributed by atoms with Crippen LogP contribution in [-0.2, 0) is 13.0 Å². The van der Waals surface area contributed by atoms with E-state index in [1.54, 1.807) is 16.8 Å². The van der Waals surface area contributed by atoms with E-state index < -0.39 is 0 Å². The lowest BCUT2D eigenvalue weighted by molar-refractivity contribution is 0.282. The second kappa shape index (κ2) is 8.95. The summed E-state index contributed by atoms with van der Waals surface area (Å²) in [6.07, 6.45) is 2.74. The highest BCUT2D eigenvalue weighted by Gasteiger charge is 2.22. The number of rotatable bonds is 7. The number of hydrogen-bond donors (Lipinski definition) is 1. The number of benzene rings is 2. The lowest BCUT2D eigenvalue weighted by Gasteiger charge is -2.11. The monoisotopic (exact) mass is 414 g/mol. The van der Waals surface area contributed by atoms with Gasteiger partial charge in [0.2, 0.25) is 0 Å². The first-order valence-corrected chi connectivity index (χ1v) is 10.2. The number of allylic oxidation sites excluding steroid dienone is 1. The van der Waals surface area contributed by atoms with Gasteiger partial charge in [-0.2, -0.15) is 5.10 Å². The van der Waals surface area contributed by atoms with Gasteiger partial charge in [-0.15, -0.1) is 0 Å². The Morgan fingerprint density at radius 3 is 2.39 bits per heavy atom. The van der Waals surface area contributed by atoms with Crippen LogP contribution in [0.5, 0.6) is 0 Å². The van der Waals surface area contributed by atoms with Gasteiger partial charge in [0.05, 0.1) is 28.7 Å². The molecule has 3 nitrogen and oxygen atoms in total. The molecular weight excluding hydrogens is 391 g/mol. The molecular formula is C23H24Cl2N2O. The highest BCUT2D eigenvalue weighted by Crippen LogP contribution is 2.35. The fourth-order valence-electron chi connectivity index (χ4n) is 3.33. The minimum atomic E-state index is -0.131. The van der Waals surface area contributed by atoms with Gasteiger partial charge in [0, 0.05) is 16.1 Å². The number of aliphatic hydroxyl groups excluding tert-OH is 1. The van der Waals surface area contributed by atoms with Crippen LogP contribution in [0.25, 0.3) is 22.5 Å². The summed E-state index contributed by atoms with van der Waals surface area (Å²) in [5.41, 5.74) is 6.14. The van der Waals surface area contributed by atoms with E-state index in [4.69, 9.17) is 28.3 Å². The third kappa shape index (κ3) is 4.02. The molecule has 0 aliphatic rings. The molecule has 3 rings (SSSR count). The van der Waals surface area contributed by atoms with Gasteiger partial charge in [0.1, 0.15) is 0 Å². The van der Waals surface area contributed by atoms with Crippen LogP contribution >= 0.6 is 23.2 Å². The first-order chi connectivity index (χ1) is 13.5. The highest BCUT2D eigenvalue weighted by molar-refractivity contribution is 6.35. The smallest absolute Gasteiger partial charge is 0.0943 e. The van der Waals surface area contributed by atoms with Crippen LogP contribution in [0.2, 0.25) is 10.0 Å². The zero-order valence-electron chi connectivity index (χ0n) is 16.2. The lowest BCUT2D eigenvalue weighted by Crippen LogP contribution is -2.01. The molecule has 0 amide bonds. The van der Waals surface area contributed by atoms with Crippen molar-refractivity contribution in [1.29, 1.82) is 0 Å². The SMILES string of the molecule is C=C(CCC)c1nn(-c2ccc(Cl)cc2Cl)c(-c2ccc(CC)cc2)c1CO. The predicted molar refractivity (Wildman–Crippen MR) is 118 cm³/mol. The van der Waals surface area contributed by atoms with Crippen LogP contribution in [-0.4, -0.2) is 14.9 Å². The molecule has 146 valence electrons. The minimum Gasteiger partial charge on any atom is -0.392 e. The average Bonchev–Trinajstić information content (AvgIpc) is 3.07. The van der Waals surface area contributed by atoms with E-state index in [0.717, 1.165) is 47.4 Å². The third-order valence-electron chi connectivity index (χ3n) is 4.80. The molecule has 5 heteroatoms. The maximum atomic E-state index is 10.2. The van der Waals surface area contributed by atoms with Crippen LogP contribution in [0, 0.1) is 0 Å². The maximum absolute atomic E-state index is 10.2. The quantitative estimate of drug-likeness (QED) is 0.466. The van der Waals surface area contributed by atoms with Crippen molar-refractivity contribution in [2.24, 2.45) is 0 Å². The molecule has 0 atom stereocenters. The van der Waals surface area contributed by atoms with Crippen molar-refractivity contribution in [2.45, 2.75) is 39.7 Å². The fraction of sp³-hybridized carbons (Fsp3) is 0.261. The van der Waals surface area contributed by atoms with Gasteiger partial charge >= 0.3 is 0 Å². The maximum Gasteiger partial charge on any atom is 0.0943 e. The van der Waals surface area contributed by atoms with E-state index >= 15 is 0 Å². The third-order valence-corrected chi connectivity index (χ3v) is 5.34. The first kappa shape index (κ1) is 20.7. The Morgan fingerprint density at radius 2 is 1.82 bits per heavy atom. The molecule has 1 aromatic heterocycles.